The SMILES string of the molecule is C=C(/C=C(/NCc1cccc(CC)c1)n1ncc(C)c1C)c1ccccc1C. The van der Waals surface area contributed by atoms with Crippen molar-refractivity contribution < 1.29 is 0 Å². The summed E-state index contributed by atoms with van der Waals surface area (Å²) in [6, 6.07) is 17.0. The molecule has 0 fully saturated rings. The molecule has 0 spiro atoms. The Hall–Kier alpha value is -3.07. The van der Waals surface area contributed by atoms with Gasteiger partial charge in [0.2, 0.25) is 0 Å². The zero-order valence-electron chi connectivity index (χ0n) is 17.3. The van der Waals surface area contributed by atoms with E-state index in [-0.39, 0.29) is 0 Å². The third-order valence-electron chi connectivity index (χ3n) is 5.16. The summed E-state index contributed by atoms with van der Waals surface area (Å²) >= 11 is 0. The molecule has 0 bridgehead atoms. The van der Waals surface area contributed by atoms with E-state index in [0.29, 0.717) is 0 Å². The molecule has 0 amide bonds. The van der Waals surface area contributed by atoms with E-state index in [1.54, 1.807) is 0 Å². The molecule has 1 aromatic heterocycles. The van der Waals surface area contributed by atoms with E-state index in [0.717, 1.165) is 35.6 Å². The van der Waals surface area contributed by atoms with E-state index in [1.165, 1.54) is 22.3 Å². The van der Waals surface area contributed by atoms with Crippen LogP contribution in [-0.2, 0) is 13.0 Å². The summed E-state index contributed by atoms with van der Waals surface area (Å²) in [5.41, 5.74) is 8.23. The topological polar surface area (TPSA) is 29.9 Å². The van der Waals surface area contributed by atoms with Gasteiger partial charge in [0.1, 0.15) is 5.82 Å². The zero-order valence-corrected chi connectivity index (χ0v) is 17.3. The van der Waals surface area contributed by atoms with Gasteiger partial charge in [-0.15, -0.1) is 0 Å². The Bertz CT molecular complexity index is 1010. The molecular formula is C25H29N3. The first-order valence-corrected chi connectivity index (χ1v) is 9.79. The molecule has 0 saturated heterocycles. The second kappa shape index (κ2) is 8.75. The molecule has 0 aliphatic heterocycles. The van der Waals surface area contributed by atoms with Gasteiger partial charge in [0.05, 0.1) is 6.20 Å². The number of benzene rings is 2. The normalized spacial score (nSPS) is 11.5. The number of hydrogen-bond donors (Lipinski definition) is 1. The van der Waals surface area contributed by atoms with Crippen molar-refractivity contribution in [3.8, 4) is 0 Å². The molecule has 3 heteroatoms. The van der Waals surface area contributed by atoms with Crippen LogP contribution >= 0.6 is 0 Å². The van der Waals surface area contributed by atoms with Gasteiger partial charge in [-0.05, 0) is 66.7 Å². The molecule has 0 atom stereocenters. The molecule has 3 rings (SSSR count). The number of nitrogens with one attached hydrogen (secondary N) is 1. The molecule has 28 heavy (non-hydrogen) atoms. The van der Waals surface area contributed by atoms with E-state index in [2.05, 4.69) is 93.2 Å². The number of aromatic nitrogens is 2. The van der Waals surface area contributed by atoms with Crippen LogP contribution in [0.25, 0.3) is 11.4 Å². The van der Waals surface area contributed by atoms with Crippen LogP contribution < -0.4 is 5.32 Å². The maximum absolute atomic E-state index is 4.58. The molecule has 0 aliphatic carbocycles. The van der Waals surface area contributed by atoms with E-state index >= 15 is 0 Å². The van der Waals surface area contributed by atoms with Crippen molar-refractivity contribution in [3.05, 3.63) is 101 Å². The summed E-state index contributed by atoms with van der Waals surface area (Å²) in [4.78, 5) is 0. The van der Waals surface area contributed by atoms with Crippen LogP contribution in [0.3, 0.4) is 0 Å². The minimum atomic E-state index is 0.735. The van der Waals surface area contributed by atoms with E-state index in [4.69, 9.17) is 0 Å². The Morgan fingerprint density at radius 3 is 2.46 bits per heavy atom. The zero-order chi connectivity index (χ0) is 20.1. The highest BCUT2D eigenvalue weighted by Crippen LogP contribution is 2.21. The molecule has 0 radical (unpaired) electrons. The summed E-state index contributed by atoms with van der Waals surface area (Å²) in [6.45, 7) is 13.5. The van der Waals surface area contributed by atoms with Crippen molar-refractivity contribution in [1.29, 1.82) is 0 Å². The fourth-order valence-electron chi connectivity index (χ4n) is 3.25. The largest absolute Gasteiger partial charge is 0.366 e. The molecule has 0 unspecified atom stereocenters. The van der Waals surface area contributed by atoms with Gasteiger partial charge in [-0.25, -0.2) is 4.68 Å². The highest BCUT2D eigenvalue weighted by molar-refractivity contribution is 5.79. The molecular weight excluding hydrogens is 342 g/mol. The highest BCUT2D eigenvalue weighted by atomic mass is 15.3. The van der Waals surface area contributed by atoms with Crippen LogP contribution in [-0.4, -0.2) is 9.78 Å². The molecule has 144 valence electrons. The van der Waals surface area contributed by atoms with Gasteiger partial charge in [0.15, 0.2) is 0 Å². The Morgan fingerprint density at radius 1 is 1.04 bits per heavy atom. The predicted octanol–water partition coefficient (Wildman–Crippen LogP) is 5.67. The lowest BCUT2D eigenvalue weighted by Gasteiger charge is -2.15. The van der Waals surface area contributed by atoms with Crippen LogP contribution in [0.2, 0.25) is 0 Å². The van der Waals surface area contributed by atoms with Gasteiger partial charge >= 0.3 is 0 Å². The lowest BCUT2D eigenvalue weighted by atomic mass is 10.0. The minimum Gasteiger partial charge on any atom is -0.366 e. The number of hydrogen-bond acceptors (Lipinski definition) is 2. The maximum atomic E-state index is 4.58. The van der Waals surface area contributed by atoms with Gasteiger partial charge in [-0.2, -0.15) is 5.10 Å². The lowest BCUT2D eigenvalue weighted by molar-refractivity contribution is 0.755. The van der Waals surface area contributed by atoms with Crippen molar-refractivity contribution >= 4 is 11.4 Å². The van der Waals surface area contributed by atoms with Gasteiger partial charge < -0.3 is 5.32 Å². The Labute approximate surface area is 168 Å². The molecule has 1 heterocycles. The summed E-state index contributed by atoms with van der Waals surface area (Å²) in [5, 5.41) is 8.15. The first kappa shape index (κ1) is 19.7. The Balaban J connectivity index is 1.92. The number of aryl methyl sites for hydroxylation is 3. The van der Waals surface area contributed by atoms with Crippen LogP contribution in [0.5, 0.6) is 0 Å². The third kappa shape index (κ3) is 4.42. The molecule has 3 nitrogen and oxygen atoms in total. The molecule has 2 aromatic carbocycles. The average Bonchev–Trinajstić information content (AvgIpc) is 3.04. The smallest absolute Gasteiger partial charge is 0.128 e. The van der Waals surface area contributed by atoms with Crippen LogP contribution in [0.15, 0.2) is 67.4 Å². The van der Waals surface area contributed by atoms with Crippen molar-refractivity contribution in [1.82, 2.24) is 15.1 Å². The summed E-state index contributed by atoms with van der Waals surface area (Å²) < 4.78 is 1.96. The van der Waals surface area contributed by atoms with Crippen molar-refractivity contribution in [2.45, 2.75) is 40.7 Å². The van der Waals surface area contributed by atoms with Crippen molar-refractivity contribution in [3.63, 3.8) is 0 Å². The highest BCUT2D eigenvalue weighted by Gasteiger charge is 2.10. The Morgan fingerprint density at radius 2 is 1.79 bits per heavy atom. The molecule has 0 aliphatic rings. The third-order valence-corrected chi connectivity index (χ3v) is 5.16. The average molecular weight is 372 g/mol. The van der Waals surface area contributed by atoms with E-state index in [1.807, 2.05) is 16.9 Å². The summed E-state index contributed by atoms with van der Waals surface area (Å²) in [5.74, 6) is 0.931. The standard InChI is InChI=1S/C25H29N3/c1-6-22-11-9-12-23(15-22)17-26-25(28-21(5)20(4)16-27-28)14-19(3)24-13-8-7-10-18(24)2/h7-16,26H,3,6,17H2,1-2,4-5H3/b25-14-. The quantitative estimate of drug-likeness (QED) is 0.542. The predicted molar refractivity (Wildman–Crippen MR) is 119 cm³/mol. The van der Waals surface area contributed by atoms with Gasteiger partial charge in [-0.1, -0.05) is 62.0 Å². The minimum absolute atomic E-state index is 0.735. The fourth-order valence-corrected chi connectivity index (χ4v) is 3.25. The van der Waals surface area contributed by atoms with Gasteiger partial charge in [0.25, 0.3) is 0 Å². The number of nitrogens with zero attached hydrogens (tertiary/aromatic N) is 2. The van der Waals surface area contributed by atoms with Crippen molar-refractivity contribution in [2.24, 2.45) is 0 Å². The van der Waals surface area contributed by atoms with Crippen LogP contribution in [0.4, 0.5) is 0 Å². The first-order valence-electron chi connectivity index (χ1n) is 9.79. The molecule has 1 N–H and O–H groups in total. The number of allylic oxidation sites excluding steroid dienone is 2. The molecule has 0 saturated carbocycles. The second-order valence-electron chi connectivity index (χ2n) is 7.22. The number of rotatable bonds is 7. The second-order valence-corrected chi connectivity index (χ2v) is 7.22. The maximum Gasteiger partial charge on any atom is 0.128 e. The summed E-state index contributed by atoms with van der Waals surface area (Å²) in [7, 11) is 0. The summed E-state index contributed by atoms with van der Waals surface area (Å²) in [6.07, 6.45) is 5.03. The van der Waals surface area contributed by atoms with Gasteiger partial charge in [-0.3, -0.25) is 0 Å². The Kier molecular flexibility index (Phi) is 6.15. The van der Waals surface area contributed by atoms with Crippen molar-refractivity contribution in [2.75, 3.05) is 0 Å². The van der Waals surface area contributed by atoms with Crippen LogP contribution in [0.1, 0.15) is 40.4 Å². The monoisotopic (exact) mass is 371 g/mol. The van der Waals surface area contributed by atoms with Crippen LogP contribution in [0, 0.1) is 20.8 Å². The molecule has 3 aromatic rings. The van der Waals surface area contributed by atoms with E-state index < -0.39 is 0 Å². The lowest BCUT2D eigenvalue weighted by Crippen LogP contribution is -2.19. The first-order chi connectivity index (χ1) is 13.5. The fraction of sp³-hybridized carbons (Fsp3) is 0.240. The van der Waals surface area contributed by atoms with Gasteiger partial charge in [0, 0.05) is 12.2 Å². The van der Waals surface area contributed by atoms with E-state index in [9.17, 15) is 0 Å².